The lowest BCUT2D eigenvalue weighted by Crippen LogP contribution is -2.27. The van der Waals surface area contributed by atoms with E-state index in [-0.39, 0.29) is 35.2 Å². The molecule has 0 saturated carbocycles. The van der Waals surface area contributed by atoms with Gasteiger partial charge in [-0.2, -0.15) is 5.26 Å². The van der Waals surface area contributed by atoms with Crippen molar-refractivity contribution in [3.8, 4) is 34.2 Å². The maximum absolute atomic E-state index is 13.9. The number of thiophene rings is 1. The fraction of sp³-hybridized carbons (Fsp3) is 0.182. The minimum atomic E-state index is -1.05. The standard InChI is InChI=1S/C33H25ClN6O4S/c1-16-9-20(10-17(2)37-16)29-24(13-35)28-26(14-36-29)39-19(4)40(32(28)41)7-8-44-27-6-5-21(34)12-22(27)23-11-18(3)38-30-25(33(42)43)15-45-31(23)30/h5-6,9-12,14-15H,7-8H2,1-4H3,(H,42,43). The van der Waals surface area contributed by atoms with Crippen molar-refractivity contribution >= 4 is 50.0 Å². The second kappa shape index (κ2) is 11.7. The summed E-state index contributed by atoms with van der Waals surface area (Å²) in [5, 5.41) is 22.1. The van der Waals surface area contributed by atoms with Gasteiger partial charge in [-0.15, -0.1) is 11.3 Å². The third-order valence-corrected chi connectivity index (χ3v) is 8.58. The van der Waals surface area contributed by atoms with Gasteiger partial charge in [0.25, 0.3) is 5.56 Å². The van der Waals surface area contributed by atoms with Gasteiger partial charge in [0.1, 0.15) is 24.3 Å². The fourth-order valence-electron chi connectivity index (χ4n) is 5.46. The average Bonchev–Trinajstić information content (AvgIpc) is 3.42. The van der Waals surface area contributed by atoms with Crippen LogP contribution < -0.4 is 10.3 Å². The van der Waals surface area contributed by atoms with Crippen LogP contribution in [-0.4, -0.2) is 42.2 Å². The van der Waals surface area contributed by atoms with Crippen LogP contribution in [-0.2, 0) is 6.54 Å². The molecule has 1 N–H and O–H groups in total. The van der Waals surface area contributed by atoms with E-state index < -0.39 is 5.97 Å². The van der Waals surface area contributed by atoms with Gasteiger partial charge in [-0.1, -0.05) is 11.6 Å². The van der Waals surface area contributed by atoms with E-state index in [9.17, 15) is 20.0 Å². The largest absolute Gasteiger partial charge is 0.491 e. The highest BCUT2D eigenvalue weighted by Gasteiger charge is 2.21. The zero-order valence-electron chi connectivity index (χ0n) is 24.7. The number of benzene rings is 1. The predicted octanol–water partition coefficient (Wildman–Crippen LogP) is 6.67. The lowest BCUT2D eigenvalue weighted by molar-refractivity contribution is 0.0699. The highest BCUT2D eigenvalue weighted by atomic mass is 35.5. The summed E-state index contributed by atoms with van der Waals surface area (Å²) in [6.45, 7) is 7.49. The van der Waals surface area contributed by atoms with Crippen LogP contribution >= 0.6 is 22.9 Å². The Morgan fingerprint density at radius 3 is 2.49 bits per heavy atom. The number of aryl methyl sites for hydroxylation is 4. The molecule has 0 aliphatic carbocycles. The number of carboxylic acid groups (broad SMARTS) is 1. The molecule has 0 atom stereocenters. The summed E-state index contributed by atoms with van der Waals surface area (Å²) in [5.74, 6) is -0.0949. The van der Waals surface area contributed by atoms with Crippen LogP contribution in [0.15, 0.2) is 52.8 Å². The average molecular weight is 637 g/mol. The lowest BCUT2D eigenvalue weighted by Gasteiger charge is -2.16. The lowest BCUT2D eigenvalue weighted by atomic mass is 10.0. The molecule has 45 heavy (non-hydrogen) atoms. The first-order valence-corrected chi connectivity index (χ1v) is 15.1. The number of nitriles is 1. The highest BCUT2D eigenvalue weighted by molar-refractivity contribution is 7.18. The summed E-state index contributed by atoms with van der Waals surface area (Å²) in [4.78, 5) is 43.6. The number of pyridine rings is 3. The van der Waals surface area contributed by atoms with Crippen molar-refractivity contribution in [3.05, 3.63) is 97.4 Å². The Morgan fingerprint density at radius 2 is 1.78 bits per heavy atom. The molecule has 10 nitrogen and oxygen atoms in total. The molecule has 5 heterocycles. The van der Waals surface area contributed by atoms with Gasteiger partial charge >= 0.3 is 5.97 Å². The SMILES string of the molecule is Cc1cc(-c2ncc3nc(C)n(CCOc4ccc(Cl)cc4-c4cc(C)nc5c(C(=O)O)csc45)c(=O)c3c2C#N)cc(C)n1. The minimum Gasteiger partial charge on any atom is -0.491 e. The van der Waals surface area contributed by atoms with Crippen molar-refractivity contribution in [2.75, 3.05) is 6.61 Å². The zero-order chi connectivity index (χ0) is 32.0. The van der Waals surface area contributed by atoms with E-state index in [1.807, 2.05) is 32.0 Å². The Labute approximate surface area is 266 Å². The first kappa shape index (κ1) is 29.9. The van der Waals surface area contributed by atoms with Crippen molar-refractivity contribution in [1.82, 2.24) is 24.5 Å². The van der Waals surface area contributed by atoms with Gasteiger partial charge in [-0.3, -0.25) is 24.3 Å². The van der Waals surface area contributed by atoms with Gasteiger partial charge in [-0.25, -0.2) is 9.78 Å². The van der Waals surface area contributed by atoms with Crippen LogP contribution in [0.2, 0.25) is 5.02 Å². The Morgan fingerprint density at radius 1 is 1.04 bits per heavy atom. The van der Waals surface area contributed by atoms with E-state index in [4.69, 9.17) is 16.3 Å². The van der Waals surface area contributed by atoms with E-state index in [0.717, 1.165) is 17.0 Å². The summed E-state index contributed by atoms with van der Waals surface area (Å²) < 4.78 is 8.41. The van der Waals surface area contributed by atoms with Crippen LogP contribution in [0.1, 0.15) is 38.8 Å². The molecule has 0 saturated heterocycles. The quantitative estimate of drug-likeness (QED) is 0.203. The number of ether oxygens (including phenoxy) is 1. The second-order valence-electron chi connectivity index (χ2n) is 10.5. The molecule has 0 spiro atoms. The smallest absolute Gasteiger partial charge is 0.338 e. The van der Waals surface area contributed by atoms with Gasteiger partial charge in [-0.05, 0) is 64.1 Å². The summed E-state index contributed by atoms with van der Waals surface area (Å²) in [6.07, 6.45) is 1.52. The molecule has 12 heteroatoms. The number of hydrogen-bond donors (Lipinski definition) is 1. The van der Waals surface area contributed by atoms with Crippen LogP contribution in [0.4, 0.5) is 0 Å². The number of carbonyl (C=O) groups is 1. The monoisotopic (exact) mass is 636 g/mol. The molecule has 0 aliphatic rings. The zero-order valence-corrected chi connectivity index (χ0v) is 26.2. The topological polar surface area (TPSA) is 144 Å². The van der Waals surface area contributed by atoms with Crippen molar-refractivity contribution in [3.63, 3.8) is 0 Å². The maximum Gasteiger partial charge on any atom is 0.338 e. The summed E-state index contributed by atoms with van der Waals surface area (Å²) in [6, 6.07) is 12.9. The first-order valence-electron chi connectivity index (χ1n) is 13.9. The van der Waals surface area contributed by atoms with Gasteiger partial charge < -0.3 is 9.84 Å². The molecule has 0 unspecified atom stereocenters. The summed E-state index contributed by atoms with van der Waals surface area (Å²) >= 11 is 7.68. The van der Waals surface area contributed by atoms with E-state index in [2.05, 4.69) is 26.0 Å². The molecular weight excluding hydrogens is 612 g/mol. The van der Waals surface area contributed by atoms with Gasteiger partial charge in [0.2, 0.25) is 0 Å². The predicted molar refractivity (Wildman–Crippen MR) is 173 cm³/mol. The van der Waals surface area contributed by atoms with E-state index in [1.165, 1.54) is 22.1 Å². The number of carboxylic acids is 1. The van der Waals surface area contributed by atoms with Crippen molar-refractivity contribution in [1.29, 1.82) is 5.26 Å². The Hall–Kier alpha value is -5.18. The summed E-state index contributed by atoms with van der Waals surface area (Å²) in [7, 11) is 0. The Balaban J connectivity index is 1.37. The fourth-order valence-corrected chi connectivity index (χ4v) is 6.64. The minimum absolute atomic E-state index is 0.100. The molecule has 5 aromatic heterocycles. The number of hydrogen-bond acceptors (Lipinski definition) is 9. The van der Waals surface area contributed by atoms with E-state index >= 15 is 0 Å². The molecule has 0 aliphatic heterocycles. The molecule has 0 fully saturated rings. The molecule has 0 radical (unpaired) electrons. The van der Waals surface area contributed by atoms with Crippen LogP contribution in [0, 0.1) is 39.0 Å². The number of halogens is 1. The third kappa shape index (κ3) is 5.50. The number of aromatic nitrogens is 5. The molecule has 0 amide bonds. The summed E-state index contributed by atoms with van der Waals surface area (Å²) in [5.41, 5.74) is 5.36. The van der Waals surface area contributed by atoms with Gasteiger partial charge in [0.05, 0.1) is 50.7 Å². The van der Waals surface area contributed by atoms with E-state index in [1.54, 1.807) is 37.4 Å². The normalized spacial score (nSPS) is 11.2. The molecular formula is C33H25ClN6O4S. The van der Waals surface area contributed by atoms with Gasteiger partial charge in [0.15, 0.2) is 0 Å². The first-order chi connectivity index (χ1) is 21.5. The Kier molecular flexibility index (Phi) is 7.78. The van der Waals surface area contributed by atoms with Gasteiger partial charge in [0, 0.05) is 44.2 Å². The Bertz CT molecular complexity index is 2270. The molecule has 6 rings (SSSR count). The van der Waals surface area contributed by atoms with E-state index in [0.29, 0.717) is 54.8 Å². The van der Waals surface area contributed by atoms with Crippen molar-refractivity contribution in [2.24, 2.45) is 0 Å². The molecule has 6 aromatic rings. The number of nitrogens with zero attached hydrogens (tertiary/aromatic N) is 6. The van der Waals surface area contributed by atoms with Crippen LogP contribution in [0.5, 0.6) is 5.75 Å². The van der Waals surface area contributed by atoms with Crippen molar-refractivity contribution < 1.29 is 14.6 Å². The second-order valence-corrected chi connectivity index (χ2v) is 11.9. The number of fused-ring (bicyclic) bond motifs is 2. The van der Waals surface area contributed by atoms with Crippen LogP contribution in [0.25, 0.3) is 43.5 Å². The number of aromatic carboxylic acids is 1. The third-order valence-electron chi connectivity index (χ3n) is 7.34. The molecule has 224 valence electrons. The molecule has 1 aromatic carbocycles. The number of rotatable bonds is 7. The van der Waals surface area contributed by atoms with Crippen molar-refractivity contribution in [2.45, 2.75) is 34.2 Å². The highest BCUT2D eigenvalue weighted by Crippen LogP contribution is 2.40. The maximum atomic E-state index is 13.9. The van der Waals surface area contributed by atoms with Crippen LogP contribution in [0.3, 0.4) is 0 Å². The molecule has 0 bridgehead atoms.